The fourth-order valence-corrected chi connectivity index (χ4v) is 3.99. The number of carbonyl (C=O) groups is 1. The van der Waals surface area contributed by atoms with Crippen LogP contribution in [0.3, 0.4) is 0 Å². The number of fused-ring (bicyclic) bond motifs is 1. The van der Waals surface area contributed by atoms with E-state index in [2.05, 4.69) is 11.0 Å². The molecule has 1 fully saturated rings. The minimum Gasteiger partial charge on any atom is -0.497 e. The largest absolute Gasteiger partial charge is 0.497 e. The van der Waals surface area contributed by atoms with Gasteiger partial charge in [-0.2, -0.15) is 0 Å². The number of hydrogen-bond donors (Lipinski definition) is 0. The van der Waals surface area contributed by atoms with Crippen LogP contribution in [0.15, 0.2) is 36.4 Å². The summed E-state index contributed by atoms with van der Waals surface area (Å²) in [7, 11) is 3.18. The van der Waals surface area contributed by atoms with Gasteiger partial charge >= 0.3 is 0 Å². The van der Waals surface area contributed by atoms with Crippen LogP contribution in [-0.2, 0) is 6.54 Å². The average molecular weight is 383 g/mol. The number of nitrogens with zero attached hydrogens (tertiary/aromatic N) is 1. The Morgan fingerprint density at radius 2 is 2.07 bits per heavy atom. The van der Waals surface area contributed by atoms with Crippen LogP contribution in [0.5, 0.6) is 23.0 Å². The summed E-state index contributed by atoms with van der Waals surface area (Å²) in [5.74, 6) is 2.94. The van der Waals surface area contributed by atoms with E-state index in [4.69, 9.17) is 18.9 Å². The highest BCUT2D eigenvalue weighted by atomic mass is 16.7. The maximum Gasteiger partial charge on any atom is 0.231 e. The SMILES string of the molecule is COc1ccc(C(=O)[C@@H]2CCCN(Cc3cccc4c3OCO4)C2)c(OC)c1. The highest BCUT2D eigenvalue weighted by Gasteiger charge is 2.29. The van der Waals surface area contributed by atoms with Gasteiger partial charge < -0.3 is 18.9 Å². The number of likely N-dealkylation sites (tertiary alicyclic amines) is 1. The molecule has 0 spiro atoms. The molecule has 1 atom stereocenters. The van der Waals surface area contributed by atoms with Gasteiger partial charge in [0, 0.05) is 30.6 Å². The van der Waals surface area contributed by atoms with Crippen molar-refractivity contribution in [2.75, 3.05) is 34.1 Å². The number of rotatable bonds is 6. The maximum atomic E-state index is 13.2. The van der Waals surface area contributed by atoms with Crippen LogP contribution >= 0.6 is 0 Å². The minimum atomic E-state index is -0.0510. The lowest BCUT2D eigenvalue weighted by Gasteiger charge is -2.32. The molecule has 2 aromatic carbocycles. The third kappa shape index (κ3) is 3.64. The molecule has 2 heterocycles. The number of para-hydroxylation sites is 1. The Hall–Kier alpha value is -2.73. The third-order valence-electron chi connectivity index (χ3n) is 5.42. The van der Waals surface area contributed by atoms with Crippen LogP contribution < -0.4 is 18.9 Å². The Morgan fingerprint density at radius 1 is 1.18 bits per heavy atom. The van der Waals surface area contributed by atoms with Crippen LogP contribution in [0.1, 0.15) is 28.8 Å². The standard InChI is InChI=1S/C22H25NO5/c1-25-17-8-9-18(20(11-17)26-2)21(24)15-6-4-10-23(12-15)13-16-5-3-7-19-22(16)28-14-27-19/h3,5,7-9,11,15H,4,6,10,12-14H2,1-2H3/t15-/m1/s1. The summed E-state index contributed by atoms with van der Waals surface area (Å²) in [6.07, 6.45) is 1.87. The van der Waals surface area contributed by atoms with Gasteiger partial charge in [-0.05, 0) is 37.6 Å². The van der Waals surface area contributed by atoms with E-state index in [-0.39, 0.29) is 18.5 Å². The van der Waals surface area contributed by atoms with Gasteiger partial charge in [0.2, 0.25) is 6.79 Å². The molecule has 6 heteroatoms. The summed E-state index contributed by atoms with van der Waals surface area (Å²) in [5.41, 5.74) is 1.72. The van der Waals surface area contributed by atoms with Crippen molar-refractivity contribution in [3.8, 4) is 23.0 Å². The van der Waals surface area contributed by atoms with Gasteiger partial charge in [0.25, 0.3) is 0 Å². The Morgan fingerprint density at radius 3 is 2.89 bits per heavy atom. The van der Waals surface area contributed by atoms with E-state index in [1.807, 2.05) is 12.1 Å². The molecule has 4 rings (SSSR count). The summed E-state index contributed by atoms with van der Waals surface area (Å²) in [6, 6.07) is 11.3. The van der Waals surface area contributed by atoms with E-state index in [1.165, 1.54) is 0 Å². The number of Topliss-reactive ketones (excluding diaryl/α,β-unsaturated/α-hetero) is 1. The number of hydrogen-bond acceptors (Lipinski definition) is 6. The summed E-state index contributed by atoms with van der Waals surface area (Å²) in [4.78, 5) is 15.5. The van der Waals surface area contributed by atoms with Gasteiger partial charge in [-0.25, -0.2) is 0 Å². The second kappa shape index (κ2) is 8.10. The van der Waals surface area contributed by atoms with Crippen molar-refractivity contribution in [3.63, 3.8) is 0 Å². The lowest BCUT2D eigenvalue weighted by molar-refractivity contribution is 0.0807. The zero-order valence-corrected chi connectivity index (χ0v) is 16.3. The summed E-state index contributed by atoms with van der Waals surface area (Å²) in [5, 5.41) is 0. The third-order valence-corrected chi connectivity index (χ3v) is 5.42. The molecule has 0 aliphatic carbocycles. The van der Waals surface area contributed by atoms with E-state index in [1.54, 1.807) is 32.4 Å². The Bertz CT molecular complexity index is 866. The van der Waals surface area contributed by atoms with Crippen LogP contribution in [0.2, 0.25) is 0 Å². The highest BCUT2D eigenvalue weighted by molar-refractivity contribution is 6.00. The predicted molar refractivity (Wildman–Crippen MR) is 104 cm³/mol. The van der Waals surface area contributed by atoms with Crippen molar-refractivity contribution in [3.05, 3.63) is 47.5 Å². The molecule has 0 radical (unpaired) electrons. The van der Waals surface area contributed by atoms with Gasteiger partial charge in [-0.1, -0.05) is 12.1 Å². The fourth-order valence-electron chi connectivity index (χ4n) is 3.99. The number of benzene rings is 2. The number of ether oxygens (including phenoxy) is 4. The number of ketones is 1. The zero-order valence-electron chi connectivity index (χ0n) is 16.3. The molecule has 148 valence electrons. The Labute approximate surface area is 165 Å². The van der Waals surface area contributed by atoms with E-state index < -0.39 is 0 Å². The van der Waals surface area contributed by atoms with E-state index in [0.717, 1.165) is 49.5 Å². The van der Waals surface area contributed by atoms with Gasteiger partial charge in [0.1, 0.15) is 11.5 Å². The molecule has 0 amide bonds. The van der Waals surface area contributed by atoms with Gasteiger partial charge in [0.05, 0.1) is 19.8 Å². The minimum absolute atomic E-state index is 0.0510. The molecule has 0 aromatic heterocycles. The normalized spacial score (nSPS) is 18.7. The van der Waals surface area contributed by atoms with E-state index in [9.17, 15) is 4.79 Å². The van der Waals surface area contributed by atoms with Crippen molar-refractivity contribution in [2.45, 2.75) is 19.4 Å². The fraction of sp³-hybridized carbons (Fsp3) is 0.409. The number of methoxy groups -OCH3 is 2. The Balaban J connectivity index is 1.48. The lowest BCUT2D eigenvalue weighted by Crippen LogP contribution is -2.38. The van der Waals surface area contributed by atoms with Gasteiger partial charge in [0.15, 0.2) is 17.3 Å². The Kier molecular flexibility index (Phi) is 5.39. The average Bonchev–Trinajstić information content (AvgIpc) is 3.23. The molecule has 2 aliphatic rings. The summed E-state index contributed by atoms with van der Waals surface area (Å²) in [6.45, 7) is 2.70. The van der Waals surface area contributed by atoms with Crippen LogP contribution in [-0.4, -0.2) is 44.8 Å². The highest BCUT2D eigenvalue weighted by Crippen LogP contribution is 2.37. The molecule has 1 saturated heterocycles. The first-order chi connectivity index (χ1) is 13.7. The smallest absolute Gasteiger partial charge is 0.231 e. The molecular formula is C22H25NO5. The zero-order chi connectivity index (χ0) is 19.5. The summed E-state index contributed by atoms with van der Waals surface area (Å²) < 4.78 is 21.8. The molecule has 2 aliphatic heterocycles. The molecule has 0 saturated carbocycles. The molecule has 0 N–H and O–H groups in total. The molecule has 28 heavy (non-hydrogen) atoms. The van der Waals surface area contributed by atoms with Crippen molar-refractivity contribution >= 4 is 5.78 Å². The first-order valence-electron chi connectivity index (χ1n) is 9.55. The first kappa shape index (κ1) is 18.6. The van der Waals surface area contributed by atoms with Crippen LogP contribution in [0, 0.1) is 5.92 Å². The second-order valence-corrected chi connectivity index (χ2v) is 7.16. The second-order valence-electron chi connectivity index (χ2n) is 7.16. The number of carbonyl (C=O) groups excluding carboxylic acids is 1. The van der Waals surface area contributed by atoms with Crippen molar-refractivity contribution < 1.29 is 23.7 Å². The summed E-state index contributed by atoms with van der Waals surface area (Å²) >= 11 is 0. The van der Waals surface area contributed by atoms with Gasteiger partial charge in [-0.3, -0.25) is 9.69 Å². The van der Waals surface area contributed by atoms with Gasteiger partial charge in [-0.15, -0.1) is 0 Å². The first-order valence-corrected chi connectivity index (χ1v) is 9.55. The van der Waals surface area contributed by atoms with Crippen molar-refractivity contribution in [2.24, 2.45) is 5.92 Å². The lowest BCUT2D eigenvalue weighted by atomic mass is 9.89. The topological polar surface area (TPSA) is 57.2 Å². The molecule has 2 aromatic rings. The quantitative estimate of drug-likeness (QED) is 0.712. The molecular weight excluding hydrogens is 358 g/mol. The van der Waals surface area contributed by atoms with E-state index >= 15 is 0 Å². The molecule has 0 bridgehead atoms. The van der Waals surface area contributed by atoms with E-state index in [0.29, 0.717) is 17.1 Å². The maximum absolute atomic E-state index is 13.2. The van der Waals surface area contributed by atoms with Crippen molar-refractivity contribution in [1.29, 1.82) is 0 Å². The van der Waals surface area contributed by atoms with Crippen LogP contribution in [0.4, 0.5) is 0 Å². The van der Waals surface area contributed by atoms with Crippen LogP contribution in [0.25, 0.3) is 0 Å². The molecule has 6 nitrogen and oxygen atoms in total. The monoisotopic (exact) mass is 383 g/mol. The predicted octanol–water partition coefficient (Wildman–Crippen LogP) is 3.53. The number of piperidine rings is 1. The van der Waals surface area contributed by atoms with Crippen molar-refractivity contribution in [1.82, 2.24) is 4.90 Å². The molecule has 0 unspecified atom stereocenters.